The van der Waals surface area contributed by atoms with Crippen LogP contribution in [0.1, 0.15) is 136 Å². The SMILES string of the molecule is CCCCCCCCCCCCCC=CCCCCCCC(C)C. The molecule has 0 heteroatoms. The summed E-state index contributed by atoms with van der Waals surface area (Å²) in [4.78, 5) is 0. The zero-order valence-electron chi connectivity index (χ0n) is 17.5. The second kappa shape index (κ2) is 20.8. The molecule has 0 amide bonds. The summed E-state index contributed by atoms with van der Waals surface area (Å²) in [6.45, 7) is 6.96. The van der Waals surface area contributed by atoms with Crippen LogP contribution in [0.2, 0.25) is 0 Å². The fourth-order valence-electron chi connectivity index (χ4n) is 3.33. The molecule has 0 fully saturated rings. The van der Waals surface area contributed by atoms with E-state index < -0.39 is 0 Å². The topological polar surface area (TPSA) is 0 Å². The van der Waals surface area contributed by atoms with Crippen molar-refractivity contribution in [1.29, 1.82) is 0 Å². The highest BCUT2D eigenvalue weighted by Crippen LogP contribution is 2.13. The molecule has 0 heterocycles. The van der Waals surface area contributed by atoms with Crippen LogP contribution >= 0.6 is 0 Å². The second-order valence-electron chi connectivity index (χ2n) is 8.18. The van der Waals surface area contributed by atoms with Crippen molar-refractivity contribution in [1.82, 2.24) is 0 Å². The van der Waals surface area contributed by atoms with Crippen molar-refractivity contribution in [2.45, 2.75) is 136 Å². The average molecular weight is 337 g/mol. The van der Waals surface area contributed by atoms with E-state index in [1.165, 1.54) is 116 Å². The molecule has 0 aliphatic heterocycles. The van der Waals surface area contributed by atoms with Crippen LogP contribution in [-0.4, -0.2) is 0 Å². The Morgan fingerprint density at radius 3 is 1.29 bits per heavy atom. The van der Waals surface area contributed by atoms with Gasteiger partial charge in [0.2, 0.25) is 0 Å². The highest BCUT2D eigenvalue weighted by molar-refractivity contribution is 4.81. The van der Waals surface area contributed by atoms with Crippen LogP contribution in [0.15, 0.2) is 12.2 Å². The van der Waals surface area contributed by atoms with E-state index in [0.717, 1.165) is 5.92 Å². The first-order valence-electron chi connectivity index (χ1n) is 11.4. The number of unbranched alkanes of at least 4 members (excludes halogenated alkanes) is 15. The van der Waals surface area contributed by atoms with Crippen LogP contribution in [0.25, 0.3) is 0 Å². The van der Waals surface area contributed by atoms with Gasteiger partial charge in [0.15, 0.2) is 0 Å². The maximum atomic E-state index is 2.43. The molecule has 144 valence electrons. The van der Waals surface area contributed by atoms with Crippen LogP contribution in [0.4, 0.5) is 0 Å². The number of hydrogen-bond acceptors (Lipinski definition) is 0. The predicted octanol–water partition coefficient (Wildman–Crippen LogP) is 9.24. The van der Waals surface area contributed by atoms with Gasteiger partial charge in [-0.1, -0.05) is 123 Å². The van der Waals surface area contributed by atoms with Crippen molar-refractivity contribution in [3.05, 3.63) is 12.2 Å². The Hall–Kier alpha value is -0.260. The molecule has 0 aliphatic rings. The van der Waals surface area contributed by atoms with Gasteiger partial charge in [0.1, 0.15) is 0 Å². The molecule has 0 unspecified atom stereocenters. The number of hydrogen-bond donors (Lipinski definition) is 0. The second-order valence-corrected chi connectivity index (χ2v) is 8.18. The smallest absolute Gasteiger partial charge is 0.0351 e. The molecule has 0 spiro atoms. The van der Waals surface area contributed by atoms with Crippen molar-refractivity contribution in [2.24, 2.45) is 5.92 Å². The molecule has 0 bridgehead atoms. The third-order valence-electron chi connectivity index (χ3n) is 5.04. The lowest BCUT2D eigenvalue weighted by Gasteiger charge is -2.03. The predicted molar refractivity (Wildman–Crippen MR) is 113 cm³/mol. The van der Waals surface area contributed by atoms with Gasteiger partial charge in [-0.3, -0.25) is 0 Å². The highest BCUT2D eigenvalue weighted by Gasteiger charge is 1.94. The zero-order valence-corrected chi connectivity index (χ0v) is 17.5. The molecule has 0 aromatic rings. The van der Waals surface area contributed by atoms with Gasteiger partial charge in [-0.25, -0.2) is 0 Å². The Morgan fingerprint density at radius 1 is 0.500 bits per heavy atom. The maximum Gasteiger partial charge on any atom is -0.0351 e. The number of rotatable bonds is 19. The van der Waals surface area contributed by atoms with Crippen molar-refractivity contribution in [3.8, 4) is 0 Å². The van der Waals surface area contributed by atoms with Gasteiger partial charge < -0.3 is 0 Å². The fraction of sp³-hybridized carbons (Fsp3) is 0.917. The summed E-state index contributed by atoms with van der Waals surface area (Å²) in [6, 6.07) is 0. The Morgan fingerprint density at radius 2 is 0.875 bits per heavy atom. The molecular formula is C24H48. The van der Waals surface area contributed by atoms with Gasteiger partial charge in [-0.05, 0) is 31.6 Å². The van der Waals surface area contributed by atoms with E-state index in [0.29, 0.717) is 0 Å². The zero-order chi connectivity index (χ0) is 17.7. The van der Waals surface area contributed by atoms with E-state index in [1.54, 1.807) is 0 Å². The van der Waals surface area contributed by atoms with Crippen molar-refractivity contribution >= 4 is 0 Å². The minimum atomic E-state index is 0.885. The third kappa shape index (κ3) is 21.7. The van der Waals surface area contributed by atoms with Crippen LogP contribution in [0.5, 0.6) is 0 Å². The molecule has 0 nitrogen and oxygen atoms in total. The molecule has 0 aromatic heterocycles. The van der Waals surface area contributed by atoms with Gasteiger partial charge in [0, 0.05) is 0 Å². The maximum absolute atomic E-state index is 2.43. The van der Waals surface area contributed by atoms with Gasteiger partial charge >= 0.3 is 0 Å². The molecule has 24 heavy (non-hydrogen) atoms. The monoisotopic (exact) mass is 336 g/mol. The van der Waals surface area contributed by atoms with Gasteiger partial charge in [0.05, 0.1) is 0 Å². The molecule has 0 aliphatic carbocycles. The molecule has 0 aromatic carbocycles. The van der Waals surface area contributed by atoms with E-state index in [2.05, 4.69) is 32.9 Å². The molecule has 0 saturated heterocycles. The van der Waals surface area contributed by atoms with Gasteiger partial charge in [-0.15, -0.1) is 0 Å². The fourth-order valence-corrected chi connectivity index (χ4v) is 3.33. The third-order valence-corrected chi connectivity index (χ3v) is 5.04. The lowest BCUT2D eigenvalue weighted by Crippen LogP contribution is -1.86. The Balaban J connectivity index is 3.06. The Kier molecular flexibility index (Phi) is 20.6. The highest BCUT2D eigenvalue weighted by atomic mass is 14.0. The minimum Gasteiger partial charge on any atom is -0.0885 e. The van der Waals surface area contributed by atoms with Crippen LogP contribution in [0.3, 0.4) is 0 Å². The summed E-state index contributed by atoms with van der Waals surface area (Å²) in [7, 11) is 0. The Bertz CT molecular complexity index is 238. The molecule has 0 N–H and O–H groups in total. The van der Waals surface area contributed by atoms with Crippen LogP contribution in [-0.2, 0) is 0 Å². The van der Waals surface area contributed by atoms with Crippen molar-refractivity contribution in [2.75, 3.05) is 0 Å². The lowest BCUT2D eigenvalue weighted by atomic mass is 10.0. The summed E-state index contributed by atoms with van der Waals surface area (Å²) in [5, 5.41) is 0. The molecule has 0 atom stereocenters. The molecule has 0 radical (unpaired) electrons. The van der Waals surface area contributed by atoms with Crippen molar-refractivity contribution < 1.29 is 0 Å². The lowest BCUT2D eigenvalue weighted by molar-refractivity contribution is 0.521. The summed E-state index contributed by atoms with van der Waals surface area (Å²) >= 11 is 0. The summed E-state index contributed by atoms with van der Waals surface area (Å²) in [5.41, 5.74) is 0. The first kappa shape index (κ1) is 23.7. The normalized spacial score (nSPS) is 11.8. The van der Waals surface area contributed by atoms with Gasteiger partial charge in [0.25, 0.3) is 0 Å². The quantitative estimate of drug-likeness (QED) is 0.163. The molecule has 0 rings (SSSR count). The van der Waals surface area contributed by atoms with E-state index in [9.17, 15) is 0 Å². The summed E-state index contributed by atoms with van der Waals surface area (Å²) < 4.78 is 0. The summed E-state index contributed by atoms with van der Waals surface area (Å²) in [5.74, 6) is 0.885. The van der Waals surface area contributed by atoms with Crippen LogP contribution in [0, 0.1) is 5.92 Å². The van der Waals surface area contributed by atoms with E-state index >= 15 is 0 Å². The van der Waals surface area contributed by atoms with E-state index in [-0.39, 0.29) is 0 Å². The van der Waals surface area contributed by atoms with E-state index in [4.69, 9.17) is 0 Å². The molecule has 0 saturated carbocycles. The number of allylic oxidation sites excluding steroid dienone is 2. The van der Waals surface area contributed by atoms with Gasteiger partial charge in [-0.2, -0.15) is 0 Å². The van der Waals surface area contributed by atoms with Crippen LogP contribution < -0.4 is 0 Å². The Labute approximate surface area is 154 Å². The first-order chi connectivity index (χ1) is 11.8. The average Bonchev–Trinajstić information content (AvgIpc) is 2.56. The standard InChI is InChI=1S/C24H48/c1-4-5-6-7-8-9-10-11-12-13-14-15-16-17-18-19-20-21-22-23-24(2)3/h16-17,24H,4-15,18-23H2,1-3H3. The van der Waals surface area contributed by atoms with Crippen molar-refractivity contribution in [3.63, 3.8) is 0 Å². The first-order valence-corrected chi connectivity index (χ1v) is 11.4. The molecular weight excluding hydrogens is 288 g/mol. The largest absolute Gasteiger partial charge is 0.0885 e. The summed E-state index contributed by atoms with van der Waals surface area (Å²) in [6.07, 6.45) is 30.5. The minimum absolute atomic E-state index is 0.885. The van der Waals surface area contributed by atoms with E-state index in [1.807, 2.05) is 0 Å².